The molecular formula is C24H41IN6. The maximum Gasteiger partial charge on any atom is 0.191 e. The van der Waals surface area contributed by atoms with Crippen molar-refractivity contribution in [1.82, 2.24) is 25.1 Å². The first-order chi connectivity index (χ1) is 14.5. The largest absolute Gasteiger partial charge is 0.357 e. The Labute approximate surface area is 206 Å². The molecule has 0 amide bonds. The van der Waals surface area contributed by atoms with Crippen LogP contribution in [-0.4, -0.2) is 58.7 Å². The van der Waals surface area contributed by atoms with Crippen LogP contribution in [0.1, 0.15) is 52.4 Å². The minimum Gasteiger partial charge on any atom is -0.357 e. The van der Waals surface area contributed by atoms with E-state index in [-0.39, 0.29) is 24.0 Å². The van der Waals surface area contributed by atoms with Gasteiger partial charge in [-0.05, 0) is 46.6 Å². The van der Waals surface area contributed by atoms with Crippen LogP contribution in [0.2, 0.25) is 0 Å². The highest BCUT2D eigenvalue weighted by atomic mass is 127. The number of imidazole rings is 1. The van der Waals surface area contributed by atoms with Gasteiger partial charge < -0.3 is 15.2 Å². The lowest BCUT2D eigenvalue weighted by atomic mass is 10.2. The van der Waals surface area contributed by atoms with Crippen LogP contribution in [0.3, 0.4) is 0 Å². The lowest BCUT2D eigenvalue weighted by molar-refractivity contribution is 0.174. The molecule has 0 spiro atoms. The molecule has 1 heterocycles. The van der Waals surface area contributed by atoms with Gasteiger partial charge in [-0.15, -0.1) is 24.0 Å². The van der Waals surface area contributed by atoms with E-state index in [4.69, 9.17) is 4.99 Å². The third-order valence-corrected chi connectivity index (χ3v) is 5.15. The second kappa shape index (κ2) is 15.2. The van der Waals surface area contributed by atoms with Crippen LogP contribution in [0, 0.1) is 0 Å². The van der Waals surface area contributed by atoms with Crippen LogP contribution in [0.5, 0.6) is 0 Å². The van der Waals surface area contributed by atoms with Gasteiger partial charge in [-0.3, -0.25) is 9.89 Å². The van der Waals surface area contributed by atoms with E-state index >= 15 is 0 Å². The number of guanidine groups is 1. The quantitative estimate of drug-likeness (QED) is 0.184. The standard InChI is InChI=1S/C24H40N6.HI/c1-6-25-24(27-14-10-17-30(20(2)3)21(4)5)28-15-13-23-26-16-18-29(23)19-22-11-8-7-9-12-22;/h7-9,11-12,16,18,20-21H,6,10,13-15,17,19H2,1-5H3,(H2,25,27,28);1H. The van der Waals surface area contributed by atoms with Crippen molar-refractivity contribution in [3.8, 4) is 0 Å². The van der Waals surface area contributed by atoms with Crippen molar-refractivity contribution >= 4 is 29.9 Å². The molecular weight excluding hydrogens is 499 g/mol. The number of nitrogens with zero attached hydrogens (tertiary/aromatic N) is 4. The van der Waals surface area contributed by atoms with Crippen molar-refractivity contribution in [2.75, 3.05) is 26.2 Å². The highest BCUT2D eigenvalue weighted by Crippen LogP contribution is 2.07. The van der Waals surface area contributed by atoms with Gasteiger partial charge in [0.25, 0.3) is 0 Å². The molecule has 0 saturated heterocycles. The zero-order chi connectivity index (χ0) is 21.8. The van der Waals surface area contributed by atoms with Crippen molar-refractivity contribution in [3.05, 3.63) is 54.1 Å². The molecule has 0 atom stereocenters. The molecule has 7 heteroatoms. The first-order valence-corrected chi connectivity index (χ1v) is 11.3. The fourth-order valence-corrected chi connectivity index (χ4v) is 3.68. The smallest absolute Gasteiger partial charge is 0.191 e. The van der Waals surface area contributed by atoms with E-state index in [9.17, 15) is 0 Å². The zero-order valence-electron chi connectivity index (χ0n) is 19.8. The number of halogens is 1. The van der Waals surface area contributed by atoms with Crippen molar-refractivity contribution in [2.45, 2.75) is 66.1 Å². The van der Waals surface area contributed by atoms with Gasteiger partial charge in [-0.2, -0.15) is 0 Å². The average molecular weight is 541 g/mol. The maximum atomic E-state index is 4.75. The third-order valence-electron chi connectivity index (χ3n) is 5.15. The summed E-state index contributed by atoms with van der Waals surface area (Å²) in [6.07, 6.45) is 5.86. The number of benzene rings is 1. The molecule has 0 radical (unpaired) electrons. The molecule has 0 aliphatic carbocycles. The highest BCUT2D eigenvalue weighted by molar-refractivity contribution is 14.0. The summed E-state index contributed by atoms with van der Waals surface area (Å²) in [5, 5.41) is 6.80. The molecule has 0 aliphatic heterocycles. The van der Waals surface area contributed by atoms with Gasteiger partial charge in [0, 0.05) is 63.6 Å². The monoisotopic (exact) mass is 540 g/mol. The number of aromatic nitrogens is 2. The van der Waals surface area contributed by atoms with Crippen molar-refractivity contribution < 1.29 is 0 Å². The lowest BCUT2D eigenvalue weighted by Crippen LogP contribution is -2.39. The molecule has 174 valence electrons. The molecule has 1 aromatic heterocycles. The molecule has 2 N–H and O–H groups in total. The summed E-state index contributed by atoms with van der Waals surface area (Å²) in [4.78, 5) is 11.8. The van der Waals surface area contributed by atoms with Crippen LogP contribution in [-0.2, 0) is 13.0 Å². The second-order valence-corrected chi connectivity index (χ2v) is 8.17. The minimum absolute atomic E-state index is 0. The summed E-state index contributed by atoms with van der Waals surface area (Å²) in [5.74, 6) is 1.98. The fourth-order valence-electron chi connectivity index (χ4n) is 3.68. The number of hydrogen-bond donors (Lipinski definition) is 2. The van der Waals surface area contributed by atoms with Crippen LogP contribution >= 0.6 is 24.0 Å². The van der Waals surface area contributed by atoms with E-state index in [1.54, 1.807) is 0 Å². The van der Waals surface area contributed by atoms with E-state index in [1.165, 1.54) is 5.56 Å². The van der Waals surface area contributed by atoms with Crippen molar-refractivity contribution in [2.24, 2.45) is 4.99 Å². The molecule has 0 fully saturated rings. The number of hydrogen-bond acceptors (Lipinski definition) is 3. The lowest BCUT2D eigenvalue weighted by Gasteiger charge is -2.30. The van der Waals surface area contributed by atoms with E-state index in [1.807, 2.05) is 12.3 Å². The van der Waals surface area contributed by atoms with Crippen molar-refractivity contribution in [1.29, 1.82) is 0 Å². The van der Waals surface area contributed by atoms with Crippen LogP contribution in [0.25, 0.3) is 0 Å². The Hall–Kier alpha value is -1.61. The summed E-state index contributed by atoms with van der Waals surface area (Å²) >= 11 is 0. The van der Waals surface area contributed by atoms with Crippen LogP contribution in [0.15, 0.2) is 47.7 Å². The van der Waals surface area contributed by atoms with Gasteiger partial charge in [0.2, 0.25) is 0 Å². The van der Waals surface area contributed by atoms with Crippen LogP contribution in [0.4, 0.5) is 0 Å². The van der Waals surface area contributed by atoms with Gasteiger partial charge in [0.1, 0.15) is 5.82 Å². The normalized spacial score (nSPS) is 11.8. The van der Waals surface area contributed by atoms with Gasteiger partial charge in [-0.1, -0.05) is 30.3 Å². The maximum absolute atomic E-state index is 4.75. The Bertz CT molecular complexity index is 734. The summed E-state index contributed by atoms with van der Waals surface area (Å²) in [7, 11) is 0. The molecule has 2 aromatic rings. The second-order valence-electron chi connectivity index (χ2n) is 8.17. The number of aliphatic imine (C=N–C) groups is 1. The highest BCUT2D eigenvalue weighted by Gasteiger charge is 2.12. The first-order valence-electron chi connectivity index (χ1n) is 11.3. The first kappa shape index (κ1) is 27.4. The van der Waals surface area contributed by atoms with Crippen LogP contribution < -0.4 is 10.6 Å². The SMILES string of the molecule is CCNC(=NCCCN(C(C)C)C(C)C)NCCc1nccn1Cc1ccccc1.I. The Kier molecular flexibility index (Phi) is 13.5. The van der Waals surface area contributed by atoms with Gasteiger partial charge in [0.15, 0.2) is 5.96 Å². The van der Waals surface area contributed by atoms with E-state index in [2.05, 4.69) is 90.2 Å². The Balaban J connectivity index is 0.00000480. The van der Waals surface area contributed by atoms with Gasteiger partial charge >= 0.3 is 0 Å². The van der Waals surface area contributed by atoms with E-state index in [0.717, 1.165) is 57.3 Å². The van der Waals surface area contributed by atoms with Crippen molar-refractivity contribution in [3.63, 3.8) is 0 Å². The molecule has 0 aliphatic rings. The topological polar surface area (TPSA) is 57.5 Å². The number of rotatable bonds is 12. The molecule has 31 heavy (non-hydrogen) atoms. The zero-order valence-corrected chi connectivity index (χ0v) is 22.2. The summed E-state index contributed by atoms with van der Waals surface area (Å²) < 4.78 is 2.22. The fraction of sp³-hybridized carbons (Fsp3) is 0.583. The predicted molar refractivity (Wildman–Crippen MR) is 142 cm³/mol. The third kappa shape index (κ3) is 10.0. The Morgan fingerprint density at radius 2 is 1.81 bits per heavy atom. The molecule has 0 unspecified atom stereocenters. The Morgan fingerprint density at radius 1 is 1.10 bits per heavy atom. The molecule has 0 bridgehead atoms. The summed E-state index contributed by atoms with van der Waals surface area (Å²) in [6, 6.07) is 11.6. The summed E-state index contributed by atoms with van der Waals surface area (Å²) in [6.45, 7) is 15.6. The minimum atomic E-state index is 0. The Morgan fingerprint density at radius 3 is 2.45 bits per heavy atom. The molecule has 0 saturated carbocycles. The molecule has 6 nitrogen and oxygen atoms in total. The molecule has 1 aromatic carbocycles. The van der Waals surface area contributed by atoms with Gasteiger partial charge in [-0.25, -0.2) is 4.98 Å². The molecule has 2 rings (SSSR count). The van der Waals surface area contributed by atoms with Gasteiger partial charge in [0.05, 0.1) is 0 Å². The average Bonchev–Trinajstić information content (AvgIpc) is 3.14. The predicted octanol–water partition coefficient (Wildman–Crippen LogP) is 4.16. The van der Waals surface area contributed by atoms with E-state index < -0.39 is 0 Å². The summed E-state index contributed by atoms with van der Waals surface area (Å²) in [5.41, 5.74) is 1.29. The van der Waals surface area contributed by atoms with E-state index in [0.29, 0.717) is 12.1 Å². The number of nitrogens with one attached hydrogen (secondary N) is 2.